The van der Waals surface area contributed by atoms with E-state index in [-0.39, 0.29) is 38.0 Å². The van der Waals surface area contributed by atoms with Crippen molar-refractivity contribution in [2.75, 3.05) is 6.54 Å². The summed E-state index contributed by atoms with van der Waals surface area (Å²) in [7, 11) is 0. The van der Waals surface area contributed by atoms with Crippen LogP contribution < -0.4 is 0 Å². The maximum absolute atomic E-state index is 13.5. The highest BCUT2D eigenvalue weighted by atomic mass is 79.9. The Balaban J connectivity index is 1.79. The minimum atomic E-state index is -2.71. The maximum atomic E-state index is 13.5. The molecular weight excluding hydrogens is 396 g/mol. The van der Waals surface area contributed by atoms with Crippen molar-refractivity contribution >= 4 is 27.8 Å². The molecule has 0 radical (unpaired) electrons. The van der Waals surface area contributed by atoms with Crippen LogP contribution in [0.2, 0.25) is 0 Å². The van der Waals surface area contributed by atoms with E-state index in [0.717, 1.165) is 4.47 Å². The molecule has 25 heavy (non-hydrogen) atoms. The van der Waals surface area contributed by atoms with E-state index in [9.17, 15) is 18.4 Å². The van der Waals surface area contributed by atoms with Gasteiger partial charge < -0.3 is 4.74 Å². The highest BCUT2D eigenvalue weighted by Crippen LogP contribution is 2.51. The maximum Gasteiger partial charge on any atom is 0.411 e. The number of hydrogen-bond acceptors (Lipinski definition) is 3. The zero-order valence-electron chi connectivity index (χ0n) is 14.2. The smallest absolute Gasteiger partial charge is 0.411 e. The Labute approximate surface area is 153 Å². The Morgan fingerprint density at radius 3 is 2.28 bits per heavy atom. The van der Waals surface area contributed by atoms with Gasteiger partial charge >= 0.3 is 6.09 Å². The standard InChI is InChI=1S/C18H20BrF2NO3/c1-16(2)17(7-9-18(20,21)10-8-17)25-15(24)22(16)11-14(23)12-3-5-13(19)6-4-12/h3-6H,7-11H2,1-2H3. The lowest BCUT2D eigenvalue weighted by molar-refractivity contribution is -0.115. The molecule has 1 aliphatic heterocycles. The van der Waals surface area contributed by atoms with E-state index in [1.807, 2.05) is 0 Å². The third-order valence-corrected chi connectivity index (χ3v) is 6.08. The van der Waals surface area contributed by atoms with Gasteiger partial charge in [0.15, 0.2) is 5.78 Å². The molecule has 136 valence electrons. The summed E-state index contributed by atoms with van der Waals surface area (Å²) in [6.07, 6.45) is -1.03. The molecule has 1 heterocycles. The first-order valence-corrected chi connectivity index (χ1v) is 9.03. The third-order valence-electron chi connectivity index (χ3n) is 5.55. The normalized spacial score (nSPS) is 23.6. The van der Waals surface area contributed by atoms with Gasteiger partial charge in [-0.25, -0.2) is 13.6 Å². The fourth-order valence-electron chi connectivity index (χ4n) is 3.69. The van der Waals surface area contributed by atoms with Gasteiger partial charge in [0.05, 0.1) is 12.1 Å². The molecule has 1 spiro atoms. The van der Waals surface area contributed by atoms with Crippen LogP contribution in [-0.2, 0) is 4.74 Å². The minimum Gasteiger partial charge on any atom is -0.440 e. The number of halogens is 3. The number of hydrogen-bond donors (Lipinski definition) is 0. The zero-order chi connectivity index (χ0) is 18.5. The van der Waals surface area contributed by atoms with Crippen molar-refractivity contribution in [1.82, 2.24) is 4.90 Å². The second kappa shape index (κ2) is 6.04. The molecule has 7 heteroatoms. The first kappa shape index (κ1) is 18.3. The predicted octanol–water partition coefficient (Wildman–Crippen LogP) is 4.81. The summed E-state index contributed by atoms with van der Waals surface area (Å²) < 4.78 is 33.5. The number of rotatable bonds is 3. The molecule has 0 atom stereocenters. The topological polar surface area (TPSA) is 46.6 Å². The molecule has 4 nitrogen and oxygen atoms in total. The Hall–Kier alpha value is -1.50. The van der Waals surface area contributed by atoms with Gasteiger partial charge in [-0.15, -0.1) is 0 Å². The van der Waals surface area contributed by atoms with Gasteiger partial charge in [-0.1, -0.05) is 28.1 Å². The molecule has 1 saturated carbocycles. The number of carbonyl (C=O) groups excluding carboxylic acids is 2. The highest BCUT2D eigenvalue weighted by Gasteiger charge is 2.62. The Morgan fingerprint density at radius 2 is 1.72 bits per heavy atom. The molecular formula is C18H20BrF2NO3. The van der Waals surface area contributed by atoms with E-state index >= 15 is 0 Å². The summed E-state index contributed by atoms with van der Waals surface area (Å²) in [4.78, 5) is 26.3. The first-order chi connectivity index (χ1) is 11.6. The zero-order valence-corrected chi connectivity index (χ0v) is 15.7. The van der Waals surface area contributed by atoms with Crippen LogP contribution in [-0.4, -0.2) is 40.4 Å². The van der Waals surface area contributed by atoms with Crippen molar-refractivity contribution in [3.05, 3.63) is 34.3 Å². The Bertz CT molecular complexity index is 693. The highest BCUT2D eigenvalue weighted by molar-refractivity contribution is 9.10. The average Bonchev–Trinajstić information content (AvgIpc) is 2.71. The summed E-state index contributed by atoms with van der Waals surface area (Å²) in [6.45, 7) is 3.44. The molecule has 3 rings (SSSR count). The van der Waals surface area contributed by atoms with Crippen LogP contribution >= 0.6 is 15.9 Å². The van der Waals surface area contributed by atoms with E-state index in [1.54, 1.807) is 38.1 Å². The largest absolute Gasteiger partial charge is 0.440 e. The lowest BCUT2D eigenvalue weighted by atomic mass is 9.71. The molecule has 1 aromatic rings. The average molecular weight is 416 g/mol. The van der Waals surface area contributed by atoms with Crippen molar-refractivity contribution in [2.45, 2.75) is 56.6 Å². The quantitative estimate of drug-likeness (QED) is 0.665. The van der Waals surface area contributed by atoms with Crippen LogP contribution in [0, 0.1) is 0 Å². The number of amides is 1. The number of nitrogens with zero attached hydrogens (tertiary/aromatic N) is 1. The van der Waals surface area contributed by atoms with E-state index < -0.39 is 23.2 Å². The van der Waals surface area contributed by atoms with E-state index in [2.05, 4.69) is 15.9 Å². The molecule has 1 aliphatic carbocycles. The molecule has 0 unspecified atom stereocenters. The first-order valence-electron chi connectivity index (χ1n) is 8.24. The van der Waals surface area contributed by atoms with Crippen molar-refractivity contribution in [1.29, 1.82) is 0 Å². The molecule has 1 saturated heterocycles. The molecule has 1 aromatic carbocycles. The molecule has 2 aliphatic rings. The molecule has 0 bridgehead atoms. The van der Waals surface area contributed by atoms with Gasteiger partial charge in [-0.05, 0) is 38.8 Å². The van der Waals surface area contributed by atoms with E-state index in [0.29, 0.717) is 5.56 Å². The number of carbonyl (C=O) groups is 2. The summed E-state index contributed by atoms with van der Waals surface area (Å²) in [5.41, 5.74) is -1.31. The van der Waals surface area contributed by atoms with Crippen LogP contribution in [0.15, 0.2) is 28.7 Å². The number of ether oxygens (including phenoxy) is 1. The predicted molar refractivity (Wildman–Crippen MR) is 91.9 cm³/mol. The number of Topliss-reactive ketones (excluding diaryl/α,β-unsaturated/α-hetero) is 1. The Kier molecular flexibility index (Phi) is 4.42. The number of ketones is 1. The SMILES string of the molecule is CC1(C)N(CC(=O)c2ccc(Br)cc2)C(=O)OC12CCC(F)(F)CC2. The summed E-state index contributed by atoms with van der Waals surface area (Å²) in [5, 5.41) is 0. The van der Waals surface area contributed by atoms with Gasteiger partial charge in [0.1, 0.15) is 5.60 Å². The van der Waals surface area contributed by atoms with Gasteiger partial charge in [0.2, 0.25) is 5.92 Å². The van der Waals surface area contributed by atoms with E-state index in [1.165, 1.54) is 4.90 Å². The van der Waals surface area contributed by atoms with Gasteiger partial charge in [-0.3, -0.25) is 9.69 Å². The van der Waals surface area contributed by atoms with Crippen molar-refractivity contribution in [3.8, 4) is 0 Å². The molecule has 0 N–H and O–H groups in total. The van der Waals surface area contributed by atoms with Crippen molar-refractivity contribution < 1.29 is 23.1 Å². The van der Waals surface area contributed by atoms with Crippen LogP contribution in [0.4, 0.5) is 13.6 Å². The lowest BCUT2D eigenvalue weighted by Crippen LogP contribution is -2.57. The number of benzene rings is 1. The van der Waals surface area contributed by atoms with Gasteiger partial charge in [0.25, 0.3) is 0 Å². The van der Waals surface area contributed by atoms with E-state index in [4.69, 9.17) is 4.74 Å². The van der Waals surface area contributed by atoms with Crippen LogP contribution in [0.3, 0.4) is 0 Å². The summed E-state index contributed by atoms with van der Waals surface area (Å²) in [5.74, 6) is -2.93. The lowest BCUT2D eigenvalue weighted by Gasteiger charge is -2.45. The van der Waals surface area contributed by atoms with Crippen LogP contribution in [0.1, 0.15) is 49.9 Å². The monoisotopic (exact) mass is 415 g/mol. The summed E-state index contributed by atoms with van der Waals surface area (Å²) in [6, 6.07) is 6.87. The molecule has 1 amide bonds. The molecule has 2 fully saturated rings. The van der Waals surface area contributed by atoms with Gasteiger partial charge in [-0.2, -0.15) is 0 Å². The van der Waals surface area contributed by atoms with Gasteiger partial charge in [0, 0.05) is 22.9 Å². The number of alkyl halides is 2. The fourth-order valence-corrected chi connectivity index (χ4v) is 3.95. The minimum absolute atomic E-state index is 0.0989. The Morgan fingerprint density at radius 1 is 1.16 bits per heavy atom. The fraction of sp³-hybridized carbons (Fsp3) is 0.556. The molecule has 0 aromatic heterocycles. The summed E-state index contributed by atoms with van der Waals surface area (Å²) >= 11 is 3.31. The second-order valence-electron chi connectivity index (χ2n) is 7.29. The van der Waals surface area contributed by atoms with Crippen LogP contribution in [0.5, 0.6) is 0 Å². The van der Waals surface area contributed by atoms with Crippen LogP contribution in [0.25, 0.3) is 0 Å². The van der Waals surface area contributed by atoms with Crippen molar-refractivity contribution in [2.24, 2.45) is 0 Å². The van der Waals surface area contributed by atoms with Crippen molar-refractivity contribution in [3.63, 3.8) is 0 Å². The second-order valence-corrected chi connectivity index (χ2v) is 8.21. The third kappa shape index (κ3) is 3.18.